The number of ketones is 1. The topological polar surface area (TPSA) is 37.4 Å². The molecule has 0 radical (unpaired) electrons. The maximum atomic E-state index is 11.8. The highest BCUT2D eigenvalue weighted by atomic mass is 79.9. The van der Waals surface area contributed by atoms with Gasteiger partial charge in [-0.3, -0.25) is 9.59 Å². The van der Waals surface area contributed by atoms with Crippen molar-refractivity contribution in [2.24, 2.45) is 0 Å². The Morgan fingerprint density at radius 1 is 1.25 bits per heavy atom. The molecule has 2 rings (SSSR count). The van der Waals surface area contributed by atoms with Crippen LogP contribution in [0.4, 0.5) is 5.69 Å². The molecule has 3 nitrogen and oxygen atoms in total. The van der Waals surface area contributed by atoms with Gasteiger partial charge < -0.3 is 4.90 Å². The minimum Gasteiger partial charge on any atom is -0.304 e. The molecule has 1 aliphatic rings. The summed E-state index contributed by atoms with van der Waals surface area (Å²) >= 11 is 6.76. The lowest BCUT2D eigenvalue weighted by molar-refractivity contribution is -0.114. The van der Waals surface area contributed by atoms with Gasteiger partial charge >= 0.3 is 0 Å². The highest BCUT2D eigenvalue weighted by Gasteiger charge is 2.35. The Labute approximate surface area is 110 Å². The number of anilines is 1. The van der Waals surface area contributed by atoms with E-state index in [-0.39, 0.29) is 4.83 Å². The lowest BCUT2D eigenvalue weighted by Crippen LogP contribution is -2.35. The fourth-order valence-electron chi connectivity index (χ4n) is 1.68. The number of fused-ring (bicyclic) bond motifs is 1. The molecule has 84 valence electrons. The molecule has 0 aliphatic carbocycles. The molecule has 0 saturated heterocycles. The average molecular weight is 347 g/mol. The Kier molecular flexibility index (Phi) is 3.44. The van der Waals surface area contributed by atoms with Crippen molar-refractivity contribution in [2.75, 3.05) is 16.8 Å². The minimum atomic E-state index is -0.438. The number of para-hydroxylation sites is 1. The molecule has 1 unspecified atom stereocenters. The highest BCUT2D eigenvalue weighted by Crippen LogP contribution is 2.29. The molecule has 0 N–H and O–H groups in total. The van der Waals surface area contributed by atoms with E-state index in [9.17, 15) is 9.59 Å². The third kappa shape index (κ3) is 1.94. The van der Waals surface area contributed by atoms with E-state index in [0.29, 0.717) is 17.8 Å². The van der Waals surface area contributed by atoms with Crippen molar-refractivity contribution in [1.29, 1.82) is 0 Å². The number of rotatable bonds is 3. The van der Waals surface area contributed by atoms with Gasteiger partial charge in [-0.25, -0.2) is 0 Å². The maximum absolute atomic E-state index is 11.8. The van der Waals surface area contributed by atoms with Gasteiger partial charge in [-0.1, -0.05) is 44.0 Å². The third-order valence-corrected chi connectivity index (χ3v) is 4.69. The predicted octanol–water partition coefficient (Wildman–Crippen LogP) is 2.37. The van der Waals surface area contributed by atoms with E-state index in [1.807, 2.05) is 6.07 Å². The van der Waals surface area contributed by atoms with Gasteiger partial charge in [-0.05, 0) is 12.1 Å². The lowest BCUT2D eigenvalue weighted by atomic mass is 10.1. The van der Waals surface area contributed by atoms with Crippen LogP contribution in [0.25, 0.3) is 0 Å². The molecule has 0 saturated carbocycles. The molecule has 0 aromatic heterocycles. The Morgan fingerprint density at radius 2 is 1.94 bits per heavy atom. The summed E-state index contributed by atoms with van der Waals surface area (Å²) < 4.78 is 0. The quantitative estimate of drug-likeness (QED) is 0.622. The lowest BCUT2D eigenvalue weighted by Gasteiger charge is -2.18. The van der Waals surface area contributed by atoms with Crippen LogP contribution in [-0.4, -0.2) is 28.4 Å². The van der Waals surface area contributed by atoms with Crippen molar-refractivity contribution >= 4 is 49.2 Å². The van der Waals surface area contributed by atoms with E-state index in [2.05, 4.69) is 31.9 Å². The molecule has 5 heteroatoms. The first-order valence-corrected chi connectivity index (χ1v) is 6.84. The molecule has 0 bridgehead atoms. The van der Waals surface area contributed by atoms with Gasteiger partial charge in [0.2, 0.25) is 0 Å². The molecular weight excluding hydrogens is 338 g/mol. The van der Waals surface area contributed by atoms with E-state index in [4.69, 9.17) is 0 Å². The number of nitrogens with zero attached hydrogens (tertiary/aromatic N) is 1. The fraction of sp³-hybridized carbons (Fsp3) is 0.273. The maximum Gasteiger partial charge on any atom is 0.299 e. The number of hydrogen-bond acceptors (Lipinski definition) is 2. The van der Waals surface area contributed by atoms with Gasteiger partial charge in [0.25, 0.3) is 11.7 Å². The van der Waals surface area contributed by atoms with Gasteiger partial charge in [0.05, 0.1) is 11.3 Å². The number of carbonyl (C=O) groups is 2. The summed E-state index contributed by atoms with van der Waals surface area (Å²) in [5.41, 5.74) is 1.21. The summed E-state index contributed by atoms with van der Waals surface area (Å²) in [6, 6.07) is 7.08. The van der Waals surface area contributed by atoms with Crippen molar-refractivity contribution < 1.29 is 9.59 Å². The van der Waals surface area contributed by atoms with Crippen LogP contribution in [-0.2, 0) is 4.79 Å². The van der Waals surface area contributed by atoms with Crippen LogP contribution < -0.4 is 4.90 Å². The summed E-state index contributed by atoms with van der Waals surface area (Å²) in [4.78, 5) is 25.1. The molecule has 0 spiro atoms. The second-order valence-electron chi connectivity index (χ2n) is 3.51. The zero-order valence-electron chi connectivity index (χ0n) is 8.32. The standard InChI is InChI=1S/C11H9Br2NO2/c12-5-7(13)6-14-9-4-2-1-3-8(9)10(15)11(14)16/h1-4,7H,5-6H2. The number of alkyl halides is 2. The summed E-state index contributed by atoms with van der Waals surface area (Å²) in [5.74, 6) is -0.850. The first-order valence-electron chi connectivity index (χ1n) is 4.80. The summed E-state index contributed by atoms with van der Waals surface area (Å²) in [7, 11) is 0. The first-order chi connectivity index (χ1) is 7.65. The molecule has 1 heterocycles. The zero-order chi connectivity index (χ0) is 11.7. The van der Waals surface area contributed by atoms with Crippen LogP contribution in [0.1, 0.15) is 10.4 Å². The molecule has 0 fully saturated rings. The number of halogens is 2. The van der Waals surface area contributed by atoms with Crippen LogP contribution in [0.3, 0.4) is 0 Å². The van der Waals surface area contributed by atoms with Crippen LogP contribution in [0.15, 0.2) is 24.3 Å². The second-order valence-corrected chi connectivity index (χ2v) is 5.46. The number of carbonyl (C=O) groups excluding carboxylic acids is 2. The van der Waals surface area contributed by atoms with Crippen LogP contribution in [0, 0.1) is 0 Å². The fourth-order valence-corrected chi connectivity index (χ4v) is 2.17. The normalized spacial score (nSPS) is 16.5. The van der Waals surface area contributed by atoms with E-state index >= 15 is 0 Å². The van der Waals surface area contributed by atoms with E-state index < -0.39 is 11.7 Å². The molecule has 16 heavy (non-hydrogen) atoms. The van der Waals surface area contributed by atoms with E-state index in [0.717, 1.165) is 5.33 Å². The third-order valence-electron chi connectivity index (χ3n) is 2.43. The van der Waals surface area contributed by atoms with Gasteiger partial charge in [-0.2, -0.15) is 0 Å². The molecule has 1 atom stereocenters. The molecule has 1 aromatic carbocycles. The number of amides is 1. The summed E-state index contributed by atoms with van der Waals surface area (Å²) in [6.07, 6.45) is 0. The number of hydrogen-bond donors (Lipinski definition) is 0. The molecule has 1 aliphatic heterocycles. The largest absolute Gasteiger partial charge is 0.304 e. The number of benzene rings is 1. The van der Waals surface area contributed by atoms with Crippen molar-refractivity contribution in [1.82, 2.24) is 0 Å². The van der Waals surface area contributed by atoms with Crippen LogP contribution >= 0.6 is 31.9 Å². The highest BCUT2D eigenvalue weighted by molar-refractivity contribution is 9.12. The predicted molar refractivity (Wildman–Crippen MR) is 69.6 cm³/mol. The Hall–Kier alpha value is -0.680. The Bertz CT molecular complexity index is 447. The first kappa shape index (κ1) is 11.8. The monoisotopic (exact) mass is 345 g/mol. The van der Waals surface area contributed by atoms with Crippen molar-refractivity contribution in [3.63, 3.8) is 0 Å². The van der Waals surface area contributed by atoms with Crippen molar-refractivity contribution in [3.8, 4) is 0 Å². The SMILES string of the molecule is O=C1C(=O)N(CC(Br)CBr)c2ccccc21. The smallest absolute Gasteiger partial charge is 0.299 e. The summed E-state index contributed by atoms with van der Waals surface area (Å²) in [5, 5.41) is 0.729. The second kappa shape index (κ2) is 4.67. The number of Topliss-reactive ketones (excluding diaryl/α,β-unsaturated/α-hetero) is 1. The zero-order valence-corrected chi connectivity index (χ0v) is 11.5. The van der Waals surface area contributed by atoms with E-state index in [1.165, 1.54) is 4.90 Å². The van der Waals surface area contributed by atoms with Crippen LogP contribution in [0.5, 0.6) is 0 Å². The van der Waals surface area contributed by atoms with Gasteiger partial charge in [0.15, 0.2) is 0 Å². The van der Waals surface area contributed by atoms with Gasteiger partial charge in [-0.15, -0.1) is 0 Å². The molecule has 1 amide bonds. The average Bonchev–Trinajstić information content (AvgIpc) is 2.55. The van der Waals surface area contributed by atoms with Gasteiger partial charge in [0.1, 0.15) is 0 Å². The minimum absolute atomic E-state index is 0.135. The molecule has 1 aromatic rings. The van der Waals surface area contributed by atoms with Crippen LogP contribution in [0.2, 0.25) is 0 Å². The Morgan fingerprint density at radius 3 is 2.62 bits per heavy atom. The van der Waals surface area contributed by atoms with E-state index in [1.54, 1.807) is 18.2 Å². The van der Waals surface area contributed by atoms with Crippen molar-refractivity contribution in [3.05, 3.63) is 29.8 Å². The Balaban J connectivity index is 2.34. The molecular formula is C11H9Br2NO2. The summed E-state index contributed by atoms with van der Waals surface area (Å²) in [6.45, 7) is 0.493. The van der Waals surface area contributed by atoms with Gasteiger partial charge in [0, 0.05) is 16.7 Å². The van der Waals surface area contributed by atoms with Crippen molar-refractivity contribution in [2.45, 2.75) is 4.83 Å².